The maximum Gasteiger partial charge on any atom is 0.416 e. The summed E-state index contributed by atoms with van der Waals surface area (Å²) in [5.41, 5.74) is -0.883. The largest absolute Gasteiger partial charge is 0.478 e. The van der Waals surface area contributed by atoms with Crippen LogP contribution < -0.4 is 5.32 Å². The van der Waals surface area contributed by atoms with Crippen molar-refractivity contribution >= 4 is 17.7 Å². The van der Waals surface area contributed by atoms with Crippen molar-refractivity contribution in [3.63, 3.8) is 0 Å². The molecule has 2 N–H and O–H groups in total. The van der Waals surface area contributed by atoms with E-state index in [9.17, 15) is 28.3 Å². The van der Waals surface area contributed by atoms with Crippen LogP contribution in [-0.4, -0.2) is 16.8 Å². The normalized spacial score (nSPS) is 16.8. The Hall–Kier alpha value is -3.18. The standard InChI is InChI=1S/C22H17F3N2O2S/c1-13-16(11-26)19(15-9-5-6-10-17(15)22(23,24)25)20(21(28)29)18(27-13)12-30-14-7-3-2-4-8-14/h2-10,19,27H,12H2,1H3,(H,28,29). The number of rotatable bonds is 5. The molecule has 3 rings (SSSR count). The van der Waals surface area contributed by atoms with Crippen molar-refractivity contribution < 1.29 is 23.1 Å². The zero-order chi connectivity index (χ0) is 21.9. The molecule has 1 heterocycles. The van der Waals surface area contributed by atoms with Gasteiger partial charge in [-0.3, -0.25) is 0 Å². The molecule has 1 unspecified atom stereocenters. The quantitative estimate of drug-likeness (QED) is 0.628. The van der Waals surface area contributed by atoms with Crippen LogP contribution in [0, 0.1) is 11.3 Å². The number of nitriles is 1. The Balaban J connectivity index is 2.14. The van der Waals surface area contributed by atoms with Gasteiger partial charge in [-0.05, 0) is 30.7 Å². The molecule has 0 aliphatic carbocycles. The molecule has 0 amide bonds. The molecule has 1 aliphatic rings. The predicted molar refractivity (Wildman–Crippen MR) is 107 cm³/mol. The molecule has 0 bridgehead atoms. The maximum atomic E-state index is 13.6. The van der Waals surface area contributed by atoms with Crippen LogP contribution >= 0.6 is 11.8 Å². The van der Waals surface area contributed by atoms with E-state index in [1.807, 2.05) is 36.4 Å². The highest BCUT2D eigenvalue weighted by Gasteiger charge is 2.41. The highest BCUT2D eigenvalue weighted by molar-refractivity contribution is 7.99. The molecule has 154 valence electrons. The molecular weight excluding hydrogens is 413 g/mol. The lowest BCUT2D eigenvalue weighted by molar-refractivity contribution is -0.139. The first kappa shape index (κ1) is 21.5. The number of allylic oxidation sites excluding steroid dienone is 2. The summed E-state index contributed by atoms with van der Waals surface area (Å²) < 4.78 is 40.9. The van der Waals surface area contributed by atoms with E-state index < -0.39 is 23.6 Å². The fourth-order valence-electron chi connectivity index (χ4n) is 3.40. The number of carboxylic acid groups (broad SMARTS) is 1. The summed E-state index contributed by atoms with van der Waals surface area (Å²) in [6.07, 6.45) is -4.68. The minimum Gasteiger partial charge on any atom is -0.478 e. The molecule has 0 aromatic heterocycles. The molecule has 0 radical (unpaired) electrons. The van der Waals surface area contributed by atoms with Crippen LogP contribution in [0.15, 0.2) is 82.0 Å². The third-order valence-electron chi connectivity index (χ3n) is 4.70. The Morgan fingerprint density at radius 1 is 1.17 bits per heavy atom. The number of nitrogens with one attached hydrogen (secondary N) is 1. The first-order valence-corrected chi connectivity index (χ1v) is 9.90. The number of thioether (sulfide) groups is 1. The zero-order valence-electron chi connectivity index (χ0n) is 15.8. The summed E-state index contributed by atoms with van der Waals surface area (Å²) >= 11 is 1.35. The Kier molecular flexibility index (Phi) is 6.22. The van der Waals surface area contributed by atoms with Crippen molar-refractivity contribution in [2.45, 2.75) is 23.9 Å². The Bertz CT molecular complexity index is 1070. The van der Waals surface area contributed by atoms with E-state index in [-0.39, 0.29) is 28.2 Å². The summed E-state index contributed by atoms with van der Waals surface area (Å²) in [6, 6.07) is 15.9. The lowest BCUT2D eigenvalue weighted by Crippen LogP contribution is -2.31. The van der Waals surface area contributed by atoms with Gasteiger partial charge in [0, 0.05) is 22.0 Å². The maximum absolute atomic E-state index is 13.6. The number of halogens is 3. The van der Waals surface area contributed by atoms with Crippen molar-refractivity contribution in [3.05, 3.63) is 88.3 Å². The smallest absolute Gasteiger partial charge is 0.416 e. The Morgan fingerprint density at radius 2 is 1.80 bits per heavy atom. The molecule has 4 nitrogen and oxygen atoms in total. The predicted octanol–water partition coefficient (Wildman–Crippen LogP) is 5.32. The monoisotopic (exact) mass is 430 g/mol. The molecule has 30 heavy (non-hydrogen) atoms. The molecule has 0 saturated heterocycles. The Morgan fingerprint density at radius 3 is 2.40 bits per heavy atom. The lowest BCUT2D eigenvalue weighted by Gasteiger charge is -2.30. The van der Waals surface area contributed by atoms with Gasteiger partial charge in [-0.1, -0.05) is 36.4 Å². The number of carbonyl (C=O) groups is 1. The topological polar surface area (TPSA) is 73.1 Å². The van der Waals surface area contributed by atoms with Crippen LogP contribution in [0.1, 0.15) is 24.0 Å². The first-order valence-electron chi connectivity index (χ1n) is 8.92. The van der Waals surface area contributed by atoms with Crippen LogP contribution in [0.4, 0.5) is 13.2 Å². The van der Waals surface area contributed by atoms with E-state index in [1.165, 1.54) is 30.0 Å². The number of nitrogens with zero attached hydrogens (tertiary/aromatic N) is 1. The molecule has 2 aromatic carbocycles. The molecule has 1 aliphatic heterocycles. The second kappa shape index (κ2) is 8.67. The number of benzene rings is 2. The molecule has 1 atom stereocenters. The summed E-state index contributed by atoms with van der Waals surface area (Å²) in [5, 5.41) is 22.5. The minimum absolute atomic E-state index is 0.0439. The number of aliphatic carboxylic acids is 1. The van der Waals surface area contributed by atoms with Gasteiger partial charge in [0.1, 0.15) is 0 Å². The van der Waals surface area contributed by atoms with E-state index in [4.69, 9.17) is 0 Å². The molecule has 0 saturated carbocycles. The van der Waals surface area contributed by atoms with Gasteiger partial charge in [-0.25, -0.2) is 4.79 Å². The summed E-state index contributed by atoms with van der Waals surface area (Å²) in [6.45, 7) is 1.56. The number of hydrogen-bond donors (Lipinski definition) is 2. The van der Waals surface area contributed by atoms with E-state index in [0.29, 0.717) is 5.70 Å². The van der Waals surface area contributed by atoms with Gasteiger partial charge in [0.25, 0.3) is 0 Å². The molecular formula is C22H17F3N2O2S. The van der Waals surface area contributed by atoms with Gasteiger partial charge < -0.3 is 10.4 Å². The fourth-order valence-corrected chi connectivity index (χ4v) is 4.29. The van der Waals surface area contributed by atoms with Crippen LogP contribution in [0.2, 0.25) is 0 Å². The average molecular weight is 430 g/mol. The number of dihydropyridines is 1. The SMILES string of the molecule is CC1=C(C#N)C(c2ccccc2C(F)(F)F)C(C(=O)O)=C(CSc2ccccc2)N1. The highest BCUT2D eigenvalue weighted by Crippen LogP contribution is 2.44. The molecule has 8 heteroatoms. The van der Waals surface area contributed by atoms with Gasteiger partial charge in [-0.2, -0.15) is 18.4 Å². The van der Waals surface area contributed by atoms with Crippen molar-refractivity contribution in [3.8, 4) is 6.07 Å². The summed E-state index contributed by atoms with van der Waals surface area (Å²) in [5.74, 6) is -2.49. The van der Waals surface area contributed by atoms with E-state index >= 15 is 0 Å². The highest BCUT2D eigenvalue weighted by atomic mass is 32.2. The summed E-state index contributed by atoms with van der Waals surface area (Å²) in [4.78, 5) is 13.1. The lowest BCUT2D eigenvalue weighted by atomic mass is 9.79. The van der Waals surface area contributed by atoms with Gasteiger partial charge in [0.05, 0.1) is 28.7 Å². The third kappa shape index (κ3) is 4.36. The summed E-state index contributed by atoms with van der Waals surface area (Å²) in [7, 11) is 0. The van der Waals surface area contributed by atoms with E-state index in [1.54, 1.807) is 6.92 Å². The fraction of sp³-hybridized carbons (Fsp3) is 0.182. The van der Waals surface area contributed by atoms with Crippen molar-refractivity contribution in [2.24, 2.45) is 0 Å². The number of hydrogen-bond acceptors (Lipinski definition) is 4. The second-order valence-electron chi connectivity index (χ2n) is 6.59. The minimum atomic E-state index is -4.68. The van der Waals surface area contributed by atoms with Crippen molar-refractivity contribution in [1.82, 2.24) is 5.32 Å². The average Bonchev–Trinajstić information content (AvgIpc) is 2.71. The van der Waals surface area contributed by atoms with Gasteiger partial charge in [0.2, 0.25) is 0 Å². The van der Waals surface area contributed by atoms with Crippen molar-refractivity contribution in [2.75, 3.05) is 5.75 Å². The van der Waals surface area contributed by atoms with Crippen molar-refractivity contribution in [1.29, 1.82) is 5.26 Å². The third-order valence-corrected chi connectivity index (χ3v) is 5.74. The molecule has 0 fully saturated rings. The number of alkyl halides is 3. The zero-order valence-corrected chi connectivity index (χ0v) is 16.6. The molecule has 2 aromatic rings. The Labute approximate surface area is 175 Å². The van der Waals surface area contributed by atoms with Crippen LogP contribution in [0.3, 0.4) is 0 Å². The van der Waals surface area contributed by atoms with Crippen LogP contribution in [-0.2, 0) is 11.0 Å². The van der Waals surface area contributed by atoms with Gasteiger partial charge in [-0.15, -0.1) is 11.8 Å². The van der Waals surface area contributed by atoms with Crippen LogP contribution in [0.25, 0.3) is 0 Å². The van der Waals surface area contributed by atoms with Crippen LogP contribution in [0.5, 0.6) is 0 Å². The van der Waals surface area contributed by atoms with Gasteiger partial charge >= 0.3 is 12.1 Å². The van der Waals surface area contributed by atoms with E-state index in [0.717, 1.165) is 11.0 Å². The first-order chi connectivity index (χ1) is 14.2. The van der Waals surface area contributed by atoms with Gasteiger partial charge in [0.15, 0.2) is 0 Å². The second-order valence-corrected chi connectivity index (χ2v) is 7.64. The van der Waals surface area contributed by atoms with E-state index in [2.05, 4.69) is 5.32 Å². The molecule has 0 spiro atoms. The number of carboxylic acids is 1.